The molecular formula is C21H19Br2N3O4. The van der Waals surface area contributed by atoms with Gasteiger partial charge in [0.15, 0.2) is 5.69 Å². The molecule has 0 atom stereocenters. The van der Waals surface area contributed by atoms with E-state index in [0.717, 1.165) is 36.6 Å². The van der Waals surface area contributed by atoms with Crippen molar-refractivity contribution in [2.45, 2.75) is 13.8 Å². The summed E-state index contributed by atoms with van der Waals surface area (Å²) >= 11 is 6.73. The molecule has 0 spiro atoms. The van der Waals surface area contributed by atoms with Crippen LogP contribution in [0.25, 0.3) is 21.8 Å². The first-order valence-corrected chi connectivity index (χ1v) is 10.5. The number of aromatic carboxylic acids is 2. The lowest BCUT2D eigenvalue weighted by Crippen LogP contribution is -1.99. The molecule has 4 rings (SSSR count). The van der Waals surface area contributed by atoms with Crippen molar-refractivity contribution in [3.05, 3.63) is 61.8 Å². The minimum absolute atomic E-state index is 0.103. The van der Waals surface area contributed by atoms with Crippen molar-refractivity contribution in [1.29, 1.82) is 0 Å². The van der Waals surface area contributed by atoms with Gasteiger partial charge in [0.25, 0.3) is 0 Å². The second-order valence-corrected chi connectivity index (χ2v) is 8.60. The molecule has 2 heterocycles. The summed E-state index contributed by atoms with van der Waals surface area (Å²) in [6.07, 6.45) is 0. The molecule has 0 aliphatic carbocycles. The van der Waals surface area contributed by atoms with Gasteiger partial charge >= 0.3 is 11.9 Å². The summed E-state index contributed by atoms with van der Waals surface area (Å²) in [6.45, 7) is 3.69. The summed E-state index contributed by atoms with van der Waals surface area (Å²) in [5, 5.41) is 23.6. The molecule has 0 radical (unpaired) electrons. The fraction of sp³-hybridized carbons (Fsp3) is 0.190. The molecule has 2 aromatic heterocycles. The lowest BCUT2D eigenvalue weighted by atomic mass is 10.1. The summed E-state index contributed by atoms with van der Waals surface area (Å²) in [7, 11) is 3.61. The minimum atomic E-state index is -0.998. The van der Waals surface area contributed by atoms with Crippen molar-refractivity contribution >= 4 is 65.6 Å². The Morgan fingerprint density at radius 1 is 0.967 bits per heavy atom. The topological polar surface area (TPSA) is 97.3 Å². The van der Waals surface area contributed by atoms with Crippen molar-refractivity contribution in [2.75, 3.05) is 0 Å². The Labute approximate surface area is 189 Å². The number of hydrogen-bond donors (Lipinski definition) is 2. The van der Waals surface area contributed by atoms with E-state index in [4.69, 9.17) is 10.2 Å². The average Bonchev–Trinajstić information content (AvgIpc) is 3.14. The van der Waals surface area contributed by atoms with Crippen LogP contribution in [0, 0.1) is 13.8 Å². The van der Waals surface area contributed by atoms with Gasteiger partial charge in [-0.25, -0.2) is 9.59 Å². The highest BCUT2D eigenvalue weighted by atomic mass is 79.9. The Kier molecular flexibility index (Phi) is 6.05. The lowest BCUT2D eigenvalue weighted by Gasteiger charge is -2.00. The number of carbonyl (C=O) groups is 2. The number of fused-ring (bicyclic) bond motifs is 2. The van der Waals surface area contributed by atoms with Crippen LogP contribution in [0.1, 0.15) is 32.1 Å². The quantitative estimate of drug-likeness (QED) is 0.363. The van der Waals surface area contributed by atoms with Gasteiger partial charge in [0, 0.05) is 45.0 Å². The molecule has 0 amide bonds. The zero-order chi connectivity index (χ0) is 22.3. The largest absolute Gasteiger partial charge is 0.478 e. The number of rotatable bonds is 2. The fourth-order valence-electron chi connectivity index (χ4n) is 3.46. The van der Waals surface area contributed by atoms with E-state index >= 15 is 0 Å². The van der Waals surface area contributed by atoms with Gasteiger partial charge in [0.2, 0.25) is 0 Å². The Morgan fingerprint density at radius 2 is 1.60 bits per heavy atom. The van der Waals surface area contributed by atoms with E-state index in [1.54, 1.807) is 11.7 Å². The standard InChI is InChI=1S/C11H10BrNO2.C10H9BrN2O2/c1-6-10(11(14)15)8-5-7(12)3-4-9(8)13(6)2;1-5-6(11)3-4-7-8(5)9(10(14)15)12-13(7)2/h3-5H,1-2H3,(H,14,15);3-4H,1-2H3,(H,14,15). The number of aryl methyl sites for hydroxylation is 3. The predicted molar refractivity (Wildman–Crippen MR) is 122 cm³/mol. The Bertz CT molecular complexity index is 1320. The van der Waals surface area contributed by atoms with Crippen LogP contribution in [0.15, 0.2) is 39.3 Å². The molecule has 2 N–H and O–H groups in total. The highest BCUT2D eigenvalue weighted by Gasteiger charge is 2.18. The molecule has 0 aliphatic heterocycles. The maximum atomic E-state index is 11.1. The molecule has 0 saturated carbocycles. The second kappa shape index (κ2) is 8.23. The number of carboxylic acids is 2. The minimum Gasteiger partial charge on any atom is -0.478 e. The van der Waals surface area contributed by atoms with Gasteiger partial charge in [-0.05, 0) is 49.7 Å². The van der Waals surface area contributed by atoms with E-state index in [1.807, 2.05) is 55.8 Å². The van der Waals surface area contributed by atoms with Gasteiger partial charge in [-0.3, -0.25) is 4.68 Å². The molecule has 30 heavy (non-hydrogen) atoms. The number of aromatic nitrogens is 3. The van der Waals surface area contributed by atoms with E-state index < -0.39 is 11.9 Å². The monoisotopic (exact) mass is 535 g/mol. The number of nitrogens with zero attached hydrogens (tertiary/aromatic N) is 3. The molecule has 0 aliphatic rings. The van der Waals surface area contributed by atoms with Crippen molar-refractivity contribution in [3.8, 4) is 0 Å². The van der Waals surface area contributed by atoms with Crippen LogP contribution in [0.2, 0.25) is 0 Å². The Morgan fingerprint density at radius 3 is 2.20 bits per heavy atom. The number of hydrogen-bond acceptors (Lipinski definition) is 3. The van der Waals surface area contributed by atoms with Crippen molar-refractivity contribution in [1.82, 2.24) is 14.3 Å². The number of halogens is 2. The van der Waals surface area contributed by atoms with Crippen LogP contribution in [-0.4, -0.2) is 36.5 Å². The first-order chi connectivity index (χ1) is 14.0. The summed E-state index contributed by atoms with van der Waals surface area (Å²) < 4.78 is 5.26. The molecule has 4 aromatic rings. The molecule has 156 valence electrons. The lowest BCUT2D eigenvalue weighted by molar-refractivity contribution is 0.0683. The van der Waals surface area contributed by atoms with Crippen LogP contribution >= 0.6 is 31.9 Å². The van der Waals surface area contributed by atoms with E-state index in [1.165, 1.54) is 0 Å². The van der Waals surface area contributed by atoms with Gasteiger partial charge in [-0.2, -0.15) is 5.10 Å². The number of benzene rings is 2. The van der Waals surface area contributed by atoms with Crippen LogP contribution < -0.4 is 0 Å². The molecule has 0 unspecified atom stereocenters. The van der Waals surface area contributed by atoms with Gasteiger partial charge in [0.05, 0.1) is 11.1 Å². The molecule has 0 bridgehead atoms. The highest BCUT2D eigenvalue weighted by molar-refractivity contribution is 9.10. The zero-order valence-electron chi connectivity index (χ0n) is 16.7. The smallest absolute Gasteiger partial charge is 0.357 e. The molecule has 9 heteroatoms. The summed E-state index contributed by atoms with van der Waals surface area (Å²) in [6, 6.07) is 9.41. The zero-order valence-corrected chi connectivity index (χ0v) is 19.9. The third-order valence-electron chi connectivity index (χ3n) is 5.08. The fourth-order valence-corrected chi connectivity index (χ4v) is 4.15. The van der Waals surface area contributed by atoms with Crippen LogP contribution in [-0.2, 0) is 14.1 Å². The average molecular weight is 537 g/mol. The van der Waals surface area contributed by atoms with E-state index in [2.05, 4.69) is 37.0 Å². The SMILES string of the molecule is Cc1c(Br)ccc2c1c(C(=O)O)nn2C.Cc1c(C(=O)O)c2cc(Br)ccc2n1C. The van der Waals surface area contributed by atoms with Gasteiger partial charge in [-0.15, -0.1) is 0 Å². The molecule has 0 saturated heterocycles. The Balaban J connectivity index is 0.000000171. The van der Waals surface area contributed by atoms with Crippen molar-refractivity contribution in [2.24, 2.45) is 14.1 Å². The summed E-state index contributed by atoms with van der Waals surface area (Å²) in [5.74, 6) is -1.88. The molecule has 7 nitrogen and oxygen atoms in total. The highest BCUT2D eigenvalue weighted by Crippen LogP contribution is 2.29. The summed E-state index contributed by atoms with van der Waals surface area (Å²) in [5.41, 5.74) is 3.93. The van der Waals surface area contributed by atoms with Gasteiger partial charge in [-0.1, -0.05) is 31.9 Å². The van der Waals surface area contributed by atoms with E-state index in [0.29, 0.717) is 10.9 Å². The molecular weight excluding hydrogens is 518 g/mol. The van der Waals surface area contributed by atoms with Crippen molar-refractivity contribution < 1.29 is 19.8 Å². The second-order valence-electron chi connectivity index (χ2n) is 6.83. The normalized spacial score (nSPS) is 10.9. The van der Waals surface area contributed by atoms with E-state index in [9.17, 15) is 9.59 Å². The van der Waals surface area contributed by atoms with Gasteiger partial charge < -0.3 is 14.8 Å². The number of carboxylic acid groups (broad SMARTS) is 2. The third kappa shape index (κ3) is 3.75. The van der Waals surface area contributed by atoms with Crippen molar-refractivity contribution in [3.63, 3.8) is 0 Å². The third-order valence-corrected chi connectivity index (χ3v) is 6.44. The van der Waals surface area contributed by atoms with Crippen LogP contribution in [0.5, 0.6) is 0 Å². The predicted octanol–water partition coefficient (Wildman–Crippen LogP) is 5.29. The maximum Gasteiger partial charge on any atom is 0.357 e. The van der Waals surface area contributed by atoms with E-state index in [-0.39, 0.29) is 5.69 Å². The van der Waals surface area contributed by atoms with Crippen LogP contribution in [0.3, 0.4) is 0 Å². The van der Waals surface area contributed by atoms with Gasteiger partial charge in [0.1, 0.15) is 0 Å². The molecule has 2 aromatic carbocycles. The first-order valence-electron chi connectivity index (χ1n) is 8.87. The Hall–Kier alpha value is -2.65. The summed E-state index contributed by atoms with van der Waals surface area (Å²) in [4.78, 5) is 22.1. The molecule has 0 fully saturated rings. The first kappa shape index (κ1) is 22.0. The maximum absolute atomic E-state index is 11.1. The van der Waals surface area contributed by atoms with Crippen LogP contribution in [0.4, 0.5) is 0 Å².